The molecular weight excluding hydrogens is 392 g/mol. The highest BCUT2D eigenvalue weighted by atomic mass is 32.2. The summed E-state index contributed by atoms with van der Waals surface area (Å²) in [5.41, 5.74) is 2.83. The summed E-state index contributed by atoms with van der Waals surface area (Å²) in [4.78, 5) is 12.3. The summed E-state index contributed by atoms with van der Waals surface area (Å²) in [5.74, 6) is -0.511. The van der Waals surface area contributed by atoms with E-state index in [1.54, 1.807) is 19.1 Å². The first kappa shape index (κ1) is 20.7. The number of sulfone groups is 1. The van der Waals surface area contributed by atoms with Gasteiger partial charge in [-0.15, -0.1) is 10.2 Å². The lowest BCUT2D eigenvalue weighted by Crippen LogP contribution is -2.15. The lowest BCUT2D eigenvalue weighted by molar-refractivity contribution is -0.149. The van der Waals surface area contributed by atoms with Gasteiger partial charge in [0.15, 0.2) is 15.9 Å². The molecule has 0 N–H and O–H groups in total. The fourth-order valence-corrected chi connectivity index (χ4v) is 3.82. The summed E-state index contributed by atoms with van der Waals surface area (Å²) in [6, 6.07) is 14.1. The molecule has 1 atom stereocenters. The number of carbonyl (C=O) groups excluding carboxylic acids is 1. The third-order valence-electron chi connectivity index (χ3n) is 4.35. The van der Waals surface area contributed by atoms with Crippen LogP contribution in [0.4, 0.5) is 0 Å². The van der Waals surface area contributed by atoms with E-state index in [4.69, 9.17) is 9.15 Å². The lowest BCUT2D eigenvalue weighted by Gasteiger charge is -2.10. The van der Waals surface area contributed by atoms with E-state index in [1.165, 1.54) is 12.1 Å². The van der Waals surface area contributed by atoms with E-state index in [0.717, 1.165) is 16.7 Å². The van der Waals surface area contributed by atoms with Crippen molar-refractivity contribution in [3.63, 3.8) is 0 Å². The summed E-state index contributed by atoms with van der Waals surface area (Å²) < 4.78 is 35.5. The molecule has 2 aromatic carbocycles. The van der Waals surface area contributed by atoms with Crippen molar-refractivity contribution in [2.24, 2.45) is 0 Å². The third-order valence-corrected chi connectivity index (χ3v) is 6.08. The molecule has 29 heavy (non-hydrogen) atoms. The number of hydrogen-bond donors (Lipinski definition) is 0. The summed E-state index contributed by atoms with van der Waals surface area (Å²) in [6.45, 7) is 5.44. The molecule has 152 valence electrons. The van der Waals surface area contributed by atoms with Crippen LogP contribution in [0.5, 0.6) is 0 Å². The number of benzene rings is 2. The first-order valence-electron chi connectivity index (χ1n) is 9.14. The van der Waals surface area contributed by atoms with E-state index in [0.29, 0.717) is 5.89 Å². The van der Waals surface area contributed by atoms with Gasteiger partial charge in [-0.05, 0) is 45.0 Å². The average Bonchev–Trinajstić information content (AvgIpc) is 3.18. The standard InChI is InChI=1S/C21H22N2O5S/c1-14-4-8-17(9-5-14)21-23-22-20(28-21)16(3)27-19(24)12-13-29(25,26)18-10-6-15(2)7-11-18/h4-11,16H,12-13H2,1-3H3/t16-/m1/s1. The largest absolute Gasteiger partial charge is 0.453 e. The summed E-state index contributed by atoms with van der Waals surface area (Å²) in [6.07, 6.45) is -1.05. The van der Waals surface area contributed by atoms with Crippen LogP contribution in [0.1, 0.15) is 36.5 Å². The number of esters is 1. The first-order chi connectivity index (χ1) is 13.7. The number of rotatable bonds is 7. The van der Waals surface area contributed by atoms with Crippen LogP contribution in [-0.4, -0.2) is 30.3 Å². The van der Waals surface area contributed by atoms with Gasteiger partial charge in [0.05, 0.1) is 17.1 Å². The zero-order valence-corrected chi connectivity index (χ0v) is 17.3. The van der Waals surface area contributed by atoms with Crippen LogP contribution in [0.15, 0.2) is 57.8 Å². The van der Waals surface area contributed by atoms with Gasteiger partial charge >= 0.3 is 5.97 Å². The van der Waals surface area contributed by atoms with Gasteiger partial charge in [-0.1, -0.05) is 35.4 Å². The van der Waals surface area contributed by atoms with Crippen molar-refractivity contribution in [1.29, 1.82) is 0 Å². The highest BCUT2D eigenvalue weighted by Gasteiger charge is 2.21. The Balaban J connectivity index is 1.58. The van der Waals surface area contributed by atoms with Crippen molar-refractivity contribution < 1.29 is 22.4 Å². The molecule has 0 spiro atoms. The second kappa shape index (κ2) is 8.57. The topological polar surface area (TPSA) is 99.4 Å². The van der Waals surface area contributed by atoms with Crippen molar-refractivity contribution in [3.05, 3.63) is 65.5 Å². The van der Waals surface area contributed by atoms with Gasteiger partial charge < -0.3 is 9.15 Å². The highest BCUT2D eigenvalue weighted by Crippen LogP contribution is 2.23. The van der Waals surface area contributed by atoms with Crippen LogP contribution in [-0.2, 0) is 19.4 Å². The molecule has 3 rings (SSSR count). The molecule has 0 unspecified atom stereocenters. The minimum Gasteiger partial charge on any atom is -0.453 e. The highest BCUT2D eigenvalue weighted by molar-refractivity contribution is 7.91. The first-order valence-corrected chi connectivity index (χ1v) is 10.8. The van der Waals surface area contributed by atoms with Crippen molar-refractivity contribution in [1.82, 2.24) is 10.2 Å². The van der Waals surface area contributed by atoms with Crippen LogP contribution >= 0.6 is 0 Å². The van der Waals surface area contributed by atoms with Crippen LogP contribution in [0.3, 0.4) is 0 Å². The molecule has 8 heteroatoms. The van der Waals surface area contributed by atoms with Crippen LogP contribution in [0.25, 0.3) is 11.5 Å². The maximum Gasteiger partial charge on any atom is 0.307 e. The smallest absolute Gasteiger partial charge is 0.307 e. The second-order valence-electron chi connectivity index (χ2n) is 6.83. The van der Waals surface area contributed by atoms with Gasteiger partial charge in [0.2, 0.25) is 5.89 Å². The molecule has 0 aliphatic heterocycles. The molecule has 7 nitrogen and oxygen atoms in total. The Morgan fingerprint density at radius 2 is 1.59 bits per heavy atom. The normalized spacial score (nSPS) is 12.5. The minimum absolute atomic E-state index is 0.148. The van der Waals surface area contributed by atoms with Crippen molar-refractivity contribution in [3.8, 4) is 11.5 Å². The Hall–Kier alpha value is -3.00. The molecule has 0 saturated heterocycles. The zero-order valence-electron chi connectivity index (χ0n) is 16.5. The van der Waals surface area contributed by atoms with E-state index in [2.05, 4.69) is 10.2 Å². The molecule has 0 fully saturated rings. The number of nitrogens with zero attached hydrogens (tertiary/aromatic N) is 2. The number of aryl methyl sites for hydroxylation is 2. The quantitative estimate of drug-likeness (QED) is 0.542. The molecular formula is C21H22N2O5S. The van der Waals surface area contributed by atoms with Crippen LogP contribution in [0, 0.1) is 13.8 Å². The lowest BCUT2D eigenvalue weighted by atomic mass is 10.1. The van der Waals surface area contributed by atoms with Gasteiger partial charge in [-0.2, -0.15) is 0 Å². The molecule has 1 aromatic heterocycles. The summed E-state index contributed by atoms with van der Waals surface area (Å²) >= 11 is 0. The molecule has 0 radical (unpaired) electrons. The molecule has 0 aliphatic rings. The maximum atomic E-state index is 12.3. The van der Waals surface area contributed by atoms with Crippen molar-refractivity contribution >= 4 is 15.8 Å². The van der Waals surface area contributed by atoms with E-state index in [9.17, 15) is 13.2 Å². The summed E-state index contributed by atoms with van der Waals surface area (Å²) in [7, 11) is -3.56. The second-order valence-corrected chi connectivity index (χ2v) is 8.93. The van der Waals surface area contributed by atoms with Crippen molar-refractivity contribution in [2.45, 2.75) is 38.2 Å². The summed E-state index contributed by atoms with van der Waals surface area (Å²) in [5, 5.41) is 7.89. The molecule has 0 saturated carbocycles. The number of hydrogen-bond acceptors (Lipinski definition) is 7. The number of ether oxygens (including phenoxy) is 1. The zero-order chi connectivity index (χ0) is 21.0. The fourth-order valence-electron chi connectivity index (χ4n) is 2.60. The molecule has 1 heterocycles. The Morgan fingerprint density at radius 3 is 2.21 bits per heavy atom. The number of aromatic nitrogens is 2. The maximum absolute atomic E-state index is 12.3. The van der Waals surface area contributed by atoms with Gasteiger partial charge in [0, 0.05) is 5.56 Å². The van der Waals surface area contributed by atoms with E-state index in [1.807, 2.05) is 38.1 Å². The number of carbonyl (C=O) groups is 1. The van der Waals surface area contributed by atoms with E-state index < -0.39 is 21.9 Å². The predicted octanol–water partition coefficient (Wildman–Crippen LogP) is 3.82. The van der Waals surface area contributed by atoms with Gasteiger partial charge in [0.1, 0.15) is 0 Å². The molecule has 0 amide bonds. The Bertz CT molecular complexity index is 1090. The fraction of sp³-hybridized carbons (Fsp3) is 0.286. The van der Waals surface area contributed by atoms with Crippen LogP contribution < -0.4 is 0 Å². The van der Waals surface area contributed by atoms with Crippen LogP contribution in [0.2, 0.25) is 0 Å². The van der Waals surface area contributed by atoms with Gasteiger partial charge in [-0.25, -0.2) is 8.42 Å². The average molecular weight is 414 g/mol. The Kier molecular flexibility index (Phi) is 6.12. The van der Waals surface area contributed by atoms with E-state index in [-0.39, 0.29) is 23.0 Å². The SMILES string of the molecule is Cc1ccc(-c2nnc([C@@H](C)OC(=O)CCS(=O)(=O)c3ccc(C)cc3)o2)cc1. The van der Waals surface area contributed by atoms with Crippen molar-refractivity contribution in [2.75, 3.05) is 5.75 Å². The minimum atomic E-state index is -3.56. The predicted molar refractivity (Wildman–Crippen MR) is 107 cm³/mol. The monoisotopic (exact) mass is 414 g/mol. The van der Waals surface area contributed by atoms with E-state index >= 15 is 0 Å². The van der Waals surface area contributed by atoms with Gasteiger partial charge in [-0.3, -0.25) is 4.79 Å². The molecule has 3 aromatic rings. The van der Waals surface area contributed by atoms with Gasteiger partial charge in [0.25, 0.3) is 5.89 Å². The Labute approximate surface area is 169 Å². The Morgan fingerprint density at radius 1 is 1.00 bits per heavy atom. The molecule has 0 aliphatic carbocycles. The third kappa shape index (κ3) is 5.29. The molecule has 0 bridgehead atoms.